The summed E-state index contributed by atoms with van der Waals surface area (Å²) in [5, 5.41) is 10.4. The van der Waals surface area contributed by atoms with Crippen molar-refractivity contribution < 1.29 is 9.84 Å². The van der Waals surface area contributed by atoms with E-state index in [0.29, 0.717) is 13.2 Å². The number of hydrogen-bond acceptors (Lipinski definition) is 3. The van der Waals surface area contributed by atoms with Crippen molar-refractivity contribution in [3.05, 3.63) is 29.8 Å². The molecular formula is C18H29NO2. The van der Waals surface area contributed by atoms with Crippen LogP contribution in [-0.4, -0.2) is 23.9 Å². The second-order valence-electron chi connectivity index (χ2n) is 7.31. The molecule has 1 aliphatic carbocycles. The van der Waals surface area contributed by atoms with Crippen molar-refractivity contribution in [2.75, 3.05) is 13.2 Å². The minimum absolute atomic E-state index is 0.167. The predicted molar refractivity (Wildman–Crippen MR) is 86.6 cm³/mol. The second kappa shape index (κ2) is 6.37. The third kappa shape index (κ3) is 3.98. The molecule has 1 aliphatic rings. The summed E-state index contributed by atoms with van der Waals surface area (Å²) in [6, 6.07) is 8.32. The van der Waals surface area contributed by atoms with Crippen molar-refractivity contribution in [2.45, 2.75) is 57.5 Å². The first-order chi connectivity index (χ1) is 9.85. The fourth-order valence-electron chi connectivity index (χ4n) is 3.18. The molecule has 0 spiro atoms. The fourth-order valence-corrected chi connectivity index (χ4v) is 3.18. The van der Waals surface area contributed by atoms with E-state index in [9.17, 15) is 5.11 Å². The first kappa shape index (κ1) is 16.3. The molecule has 2 rings (SSSR count). The van der Waals surface area contributed by atoms with Gasteiger partial charge in [-0.1, -0.05) is 39.3 Å². The highest BCUT2D eigenvalue weighted by atomic mass is 16.5. The molecule has 3 nitrogen and oxygen atoms in total. The maximum Gasteiger partial charge on any atom is 0.119 e. The molecule has 2 atom stereocenters. The number of benzene rings is 1. The molecule has 0 saturated heterocycles. The molecule has 0 radical (unpaired) electrons. The SMILES string of the molecule is CC(C)(C)c1ccc(OCCC2CCCC2(O)CN)cc1. The van der Waals surface area contributed by atoms with Crippen LogP contribution in [0.2, 0.25) is 0 Å². The van der Waals surface area contributed by atoms with Crippen LogP contribution in [0.4, 0.5) is 0 Å². The maximum atomic E-state index is 10.4. The molecule has 1 aromatic rings. The zero-order valence-corrected chi connectivity index (χ0v) is 13.6. The van der Waals surface area contributed by atoms with E-state index >= 15 is 0 Å². The van der Waals surface area contributed by atoms with E-state index in [-0.39, 0.29) is 11.3 Å². The van der Waals surface area contributed by atoms with Gasteiger partial charge in [-0.2, -0.15) is 0 Å². The highest BCUT2D eigenvalue weighted by Gasteiger charge is 2.39. The Kier molecular flexibility index (Phi) is 4.95. The van der Waals surface area contributed by atoms with Gasteiger partial charge >= 0.3 is 0 Å². The lowest BCUT2D eigenvalue weighted by Crippen LogP contribution is -2.41. The minimum atomic E-state index is -0.667. The van der Waals surface area contributed by atoms with E-state index in [2.05, 4.69) is 32.9 Å². The molecule has 3 N–H and O–H groups in total. The lowest BCUT2D eigenvalue weighted by atomic mass is 9.87. The van der Waals surface area contributed by atoms with Crippen molar-refractivity contribution in [1.82, 2.24) is 0 Å². The summed E-state index contributed by atoms with van der Waals surface area (Å²) in [6.45, 7) is 7.61. The number of rotatable bonds is 5. The molecule has 0 heterocycles. The van der Waals surface area contributed by atoms with Crippen molar-refractivity contribution in [3.8, 4) is 5.75 Å². The third-order valence-corrected chi connectivity index (χ3v) is 4.73. The van der Waals surface area contributed by atoms with Gasteiger partial charge in [0.25, 0.3) is 0 Å². The molecule has 0 aliphatic heterocycles. The van der Waals surface area contributed by atoms with Crippen LogP contribution < -0.4 is 10.5 Å². The molecular weight excluding hydrogens is 262 g/mol. The standard InChI is InChI=1S/C18H29NO2/c1-17(2,3)14-6-8-16(9-7-14)21-12-10-15-5-4-11-18(15,20)13-19/h6-9,15,20H,4-5,10-13,19H2,1-3H3. The van der Waals surface area contributed by atoms with Crippen LogP contribution in [0.3, 0.4) is 0 Å². The van der Waals surface area contributed by atoms with Crippen molar-refractivity contribution >= 4 is 0 Å². The lowest BCUT2D eigenvalue weighted by Gasteiger charge is -2.28. The molecule has 3 heteroatoms. The van der Waals surface area contributed by atoms with E-state index in [4.69, 9.17) is 10.5 Å². The normalized spacial score (nSPS) is 26.0. The van der Waals surface area contributed by atoms with Gasteiger partial charge in [0.1, 0.15) is 5.75 Å². The zero-order valence-electron chi connectivity index (χ0n) is 13.6. The molecule has 1 saturated carbocycles. The number of nitrogens with two attached hydrogens (primary N) is 1. The third-order valence-electron chi connectivity index (χ3n) is 4.73. The van der Waals surface area contributed by atoms with Gasteiger partial charge in [0, 0.05) is 6.54 Å². The molecule has 0 aromatic heterocycles. The Labute approximate surface area is 128 Å². The summed E-state index contributed by atoms with van der Waals surface area (Å²) >= 11 is 0. The van der Waals surface area contributed by atoms with Gasteiger partial charge in [0.05, 0.1) is 12.2 Å². The molecule has 118 valence electrons. The smallest absolute Gasteiger partial charge is 0.119 e. The summed E-state index contributed by atoms with van der Waals surface area (Å²) in [5.41, 5.74) is 6.52. The number of hydrogen-bond donors (Lipinski definition) is 2. The molecule has 2 unspecified atom stereocenters. The van der Waals surface area contributed by atoms with Crippen molar-refractivity contribution in [2.24, 2.45) is 11.7 Å². The Bertz CT molecular complexity index is 449. The van der Waals surface area contributed by atoms with Gasteiger partial charge in [0.2, 0.25) is 0 Å². The number of ether oxygens (including phenoxy) is 1. The quantitative estimate of drug-likeness (QED) is 0.875. The van der Waals surface area contributed by atoms with E-state index in [1.54, 1.807) is 0 Å². The highest BCUT2D eigenvalue weighted by Crippen LogP contribution is 2.37. The Morgan fingerprint density at radius 1 is 1.29 bits per heavy atom. The van der Waals surface area contributed by atoms with Crippen LogP contribution in [0, 0.1) is 5.92 Å². The van der Waals surface area contributed by atoms with Gasteiger partial charge in [0.15, 0.2) is 0 Å². The van der Waals surface area contributed by atoms with Crippen molar-refractivity contribution in [1.29, 1.82) is 0 Å². The average molecular weight is 291 g/mol. The van der Waals surface area contributed by atoms with E-state index < -0.39 is 5.60 Å². The average Bonchev–Trinajstić information content (AvgIpc) is 2.81. The maximum absolute atomic E-state index is 10.4. The number of aliphatic hydroxyl groups is 1. The molecule has 0 bridgehead atoms. The van der Waals surface area contributed by atoms with E-state index in [0.717, 1.165) is 31.4 Å². The predicted octanol–water partition coefficient (Wildman–Crippen LogP) is 3.24. The minimum Gasteiger partial charge on any atom is -0.494 e. The monoisotopic (exact) mass is 291 g/mol. The van der Waals surface area contributed by atoms with Crippen LogP contribution in [0.5, 0.6) is 5.75 Å². The summed E-state index contributed by atoms with van der Waals surface area (Å²) in [6.07, 6.45) is 3.82. The largest absolute Gasteiger partial charge is 0.494 e. The van der Waals surface area contributed by atoms with Crippen LogP contribution in [0.1, 0.15) is 52.0 Å². The Balaban J connectivity index is 1.84. The lowest BCUT2D eigenvalue weighted by molar-refractivity contribution is 0.00355. The molecule has 1 fully saturated rings. The molecule has 1 aromatic carbocycles. The Morgan fingerprint density at radius 2 is 1.95 bits per heavy atom. The second-order valence-corrected chi connectivity index (χ2v) is 7.31. The van der Waals surface area contributed by atoms with Gasteiger partial charge < -0.3 is 15.6 Å². The first-order valence-electron chi connectivity index (χ1n) is 8.01. The first-order valence-corrected chi connectivity index (χ1v) is 8.01. The summed E-state index contributed by atoms with van der Waals surface area (Å²) in [5.74, 6) is 1.17. The van der Waals surface area contributed by atoms with Crippen molar-refractivity contribution in [3.63, 3.8) is 0 Å². The summed E-state index contributed by atoms with van der Waals surface area (Å²) in [4.78, 5) is 0. The van der Waals surface area contributed by atoms with Gasteiger partial charge in [-0.15, -0.1) is 0 Å². The molecule has 21 heavy (non-hydrogen) atoms. The zero-order chi connectivity index (χ0) is 15.5. The summed E-state index contributed by atoms with van der Waals surface area (Å²) < 4.78 is 5.82. The van der Waals surface area contributed by atoms with Crippen LogP contribution >= 0.6 is 0 Å². The van der Waals surface area contributed by atoms with Crippen LogP contribution in [-0.2, 0) is 5.41 Å². The Hall–Kier alpha value is -1.06. The fraction of sp³-hybridized carbons (Fsp3) is 0.667. The van der Waals surface area contributed by atoms with Gasteiger partial charge in [-0.25, -0.2) is 0 Å². The van der Waals surface area contributed by atoms with Gasteiger partial charge in [-0.3, -0.25) is 0 Å². The molecule has 0 amide bonds. The topological polar surface area (TPSA) is 55.5 Å². The Morgan fingerprint density at radius 3 is 2.52 bits per heavy atom. The highest BCUT2D eigenvalue weighted by molar-refractivity contribution is 5.31. The van der Waals surface area contributed by atoms with Crippen LogP contribution in [0.15, 0.2) is 24.3 Å². The van der Waals surface area contributed by atoms with Crippen LogP contribution in [0.25, 0.3) is 0 Å². The van der Waals surface area contributed by atoms with E-state index in [1.807, 2.05) is 12.1 Å². The van der Waals surface area contributed by atoms with Gasteiger partial charge in [-0.05, 0) is 48.3 Å². The summed E-state index contributed by atoms with van der Waals surface area (Å²) in [7, 11) is 0. The van der Waals surface area contributed by atoms with E-state index in [1.165, 1.54) is 5.56 Å².